The van der Waals surface area contributed by atoms with Crippen molar-refractivity contribution >= 4 is 12.1 Å². The molecular formula is C13H16N2O2. The number of rotatable bonds is 4. The summed E-state index contributed by atoms with van der Waals surface area (Å²) in [5.74, 6) is -0.402. The van der Waals surface area contributed by atoms with E-state index in [-0.39, 0.29) is 0 Å². The minimum Gasteiger partial charge on any atom is -0.295 e. The highest BCUT2D eigenvalue weighted by atomic mass is 16.2. The second-order valence-corrected chi connectivity index (χ2v) is 4.20. The summed E-state index contributed by atoms with van der Waals surface area (Å²) in [4.78, 5) is 22.4. The molecule has 2 atom stereocenters. The minimum atomic E-state index is -0.479. The monoisotopic (exact) mass is 232 g/mol. The molecule has 1 saturated heterocycles. The van der Waals surface area contributed by atoms with Crippen LogP contribution in [0.15, 0.2) is 30.3 Å². The topological polar surface area (TPSA) is 58.2 Å². The first-order chi connectivity index (χ1) is 8.24. The van der Waals surface area contributed by atoms with E-state index in [9.17, 15) is 9.59 Å². The number of ketones is 1. The van der Waals surface area contributed by atoms with Gasteiger partial charge in [0.1, 0.15) is 0 Å². The number of aldehydes is 1. The number of nitrogens with one attached hydrogen (secondary N) is 2. The summed E-state index contributed by atoms with van der Waals surface area (Å²) < 4.78 is 0. The van der Waals surface area contributed by atoms with E-state index in [4.69, 9.17) is 0 Å². The average Bonchev–Trinajstić information content (AvgIpc) is 2.84. The van der Waals surface area contributed by atoms with Crippen LogP contribution in [0.25, 0.3) is 0 Å². The zero-order chi connectivity index (χ0) is 12.3. The fraction of sp³-hybridized carbons (Fsp3) is 0.385. The molecule has 1 unspecified atom stereocenters. The highest BCUT2D eigenvalue weighted by Crippen LogP contribution is 2.31. The van der Waals surface area contributed by atoms with Crippen molar-refractivity contribution in [3.63, 3.8) is 0 Å². The van der Waals surface area contributed by atoms with Crippen molar-refractivity contribution < 1.29 is 9.59 Å². The predicted molar refractivity (Wildman–Crippen MR) is 64.4 cm³/mol. The lowest BCUT2D eigenvalue weighted by atomic mass is 9.80. The van der Waals surface area contributed by atoms with Gasteiger partial charge in [-0.1, -0.05) is 37.3 Å². The van der Waals surface area contributed by atoms with Crippen LogP contribution in [0.4, 0.5) is 0 Å². The van der Waals surface area contributed by atoms with Crippen molar-refractivity contribution in [1.29, 1.82) is 0 Å². The molecule has 2 N–H and O–H groups in total. The second kappa shape index (κ2) is 4.77. The fourth-order valence-corrected chi connectivity index (χ4v) is 2.54. The van der Waals surface area contributed by atoms with Gasteiger partial charge in [-0.3, -0.25) is 20.2 Å². The van der Waals surface area contributed by atoms with Crippen molar-refractivity contribution in [2.24, 2.45) is 0 Å². The molecule has 1 aliphatic heterocycles. The van der Waals surface area contributed by atoms with Gasteiger partial charge in [0.25, 0.3) is 0 Å². The number of Topliss-reactive ketones (excluding diaryl/α,β-unsaturated/α-hetero) is 1. The zero-order valence-electron chi connectivity index (χ0n) is 9.77. The molecule has 1 heterocycles. The van der Waals surface area contributed by atoms with Crippen LogP contribution >= 0.6 is 0 Å². The van der Waals surface area contributed by atoms with Gasteiger partial charge in [0, 0.05) is 6.67 Å². The summed E-state index contributed by atoms with van der Waals surface area (Å²) in [6.45, 7) is 2.55. The van der Waals surface area contributed by atoms with E-state index in [1.54, 1.807) is 0 Å². The normalized spacial score (nSPS) is 27.9. The van der Waals surface area contributed by atoms with Gasteiger partial charge in [-0.2, -0.15) is 0 Å². The van der Waals surface area contributed by atoms with Gasteiger partial charge in [0.2, 0.25) is 5.78 Å². The predicted octanol–water partition coefficient (Wildman–Crippen LogP) is 0.579. The van der Waals surface area contributed by atoms with Crippen LogP contribution in [0.5, 0.6) is 0 Å². The molecule has 0 aromatic heterocycles. The van der Waals surface area contributed by atoms with Crippen molar-refractivity contribution in [1.82, 2.24) is 10.6 Å². The molecular weight excluding hydrogens is 216 g/mol. The SMILES string of the molecule is CC[C@]1(c2ccccc2)NCNC1C(=O)C=O. The number of benzene rings is 1. The molecule has 4 nitrogen and oxygen atoms in total. The van der Waals surface area contributed by atoms with E-state index in [0.717, 1.165) is 12.0 Å². The van der Waals surface area contributed by atoms with Gasteiger partial charge in [0.15, 0.2) is 6.29 Å². The molecule has 0 saturated carbocycles. The molecule has 4 heteroatoms. The Labute approximate surface area is 100 Å². The average molecular weight is 232 g/mol. The fourth-order valence-electron chi connectivity index (χ4n) is 2.54. The molecule has 0 bridgehead atoms. The smallest absolute Gasteiger partial charge is 0.214 e. The van der Waals surface area contributed by atoms with Crippen LogP contribution in [-0.2, 0) is 15.1 Å². The maximum Gasteiger partial charge on any atom is 0.214 e. The Morgan fingerprint density at radius 1 is 1.47 bits per heavy atom. The number of hydrogen-bond donors (Lipinski definition) is 2. The van der Waals surface area contributed by atoms with Crippen molar-refractivity contribution in [2.75, 3.05) is 6.67 Å². The molecule has 0 radical (unpaired) electrons. The number of hydrogen-bond acceptors (Lipinski definition) is 4. The van der Waals surface area contributed by atoms with Crippen molar-refractivity contribution in [3.8, 4) is 0 Å². The van der Waals surface area contributed by atoms with Crippen molar-refractivity contribution in [3.05, 3.63) is 35.9 Å². The minimum absolute atomic E-state index is 0.401. The van der Waals surface area contributed by atoms with Crippen LogP contribution in [0.1, 0.15) is 18.9 Å². The lowest BCUT2D eigenvalue weighted by Gasteiger charge is -2.33. The number of carbonyl (C=O) groups excluding carboxylic acids is 2. The van der Waals surface area contributed by atoms with Crippen LogP contribution in [0, 0.1) is 0 Å². The first-order valence-corrected chi connectivity index (χ1v) is 5.77. The summed E-state index contributed by atoms with van der Waals surface area (Å²) in [6.07, 6.45) is 1.15. The third-order valence-corrected chi connectivity index (χ3v) is 3.45. The van der Waals surface area contributed by atoms with Gasteiger partial charge < -0.3 is 0 Å². The Balaban J connectivity index is 2.43. The van der Waals surface area contributed by atoms with E-state index in [2.05, 4.69) is 10.6 Å². The lowest BCUT2D eigenvalue weighted by Crippen LogP contribution is -2.50. The Morgan fingerprint density at radius 3 is 2.76 bits per heavy atom. The van der Waals surface area contributed by atoms with Gasteiger partial charge in [-0.25, -0.2) is 0 Å². The highest BCUT2D eigenvalue weighted by molar-refractivity contribution is 6.28. The molecule has 2 rings (SSSR count). The molecule has 1 aliphatic rings. The molecule has 0 aliphatic carbocycles. The lowest BCUT2D eigenvalue weighted by molar-refractivity contribution is -0.132. The summed E-state index contributed by atoms with van der Waals surface area (Å²) in [6, 6.07) is 9.30. The van der Waals surface area contributed by atoms with Gasteiger partial charge in [0.05, 0.1) is 11.6 Å². The second-order valence-electron chi connectivity index (χ2n) is 4.20. The van der Waals surface area contributed by atoms with Crippen LogP contribution in [-0.4, -0.2) is 24.8 Å². The van der Waals surface area contributed by atoms with Crippen LogP contribution < -0.4 is 10.6 Å². The molecule has 1 aromatic rings. The first kappa shape index (κ1) is 12.0. The summed E-state index contributed by atoms with van der Waals surface area (Å²) >= 11 is 0. The van der Waals surface area contributed by atoms with Gasteiger partial charge in [-0.15, -0.1) is 0 Å². The standard InChI is InChI=1S/C13H16N2O2/c1-2-13(10-6-4-3-5-7-10)12(11(17)8-16)14-9-15-13/h3-8,12,14-15H,2,9H2,1H3/t12?,13-/m1/s1. The van der Waals surface area contributed by atoms with Crippen LogP contribution in [0.2, 0.25) is 0 Å². The van der Waals surface area contributed by atoms with Gasteiger partial charge >= 0.3 is 0 Å². The highest BCUT2D eigenvalue weighted by Gasteiger charge is 2.46. The molecule has 1 fully saturated rings. The summed E-state index contributed by atoms with van der Waals surface area (Å²) in [5.41, 5.74) is 0.562. The molecule has 0 spiro atoms. The molecule has 17 heavy (non-hydrogen) atoms. The zero-order valence-corrected chi connectivity index (χ0v) is 9.77. The van der Waals surface area contributed by atoms with E-state index < -0.39 is 17.4 Å². The Kier molecular flexibility index (Phi) is 3.36. The third kappa shape index (κ3) is 1.90. The van der Waals surface area contributed by atoms with Crippen LogP contribution in [0.3, 0.4) is 0 Å². The van der Waals surface area contributed by atoms with E-state index in [1.807, 2.05) is 37.3 Å². The Morgan fingerprint density at radius 2 is 2.18 bits per heavy atom. The molecule has 1 aromatic carbocycles. The van der Waals surface area contributed by atoms with E-state index in [1.165, 1.54) is 0 Å². The Bertz CT molecular complexity index is 419. The van der Waals surface area contributed by atoms with E-state index >= 15 is 0 Å². The molecule has 0 amide bonds. The van der Waals surface area contributed by atoms with Gasteiger partial charge in [-0.05, 0) is 12.0 Å². The Hall–Kier alpha value is -1.52. The van der Waals surface area contributed by atoms with E-state index in [0.29, 0.717) is 13.0 Å². The first-order valence-electron chi connectivity index (χ1n) is 5.77. The maximum atomic E-state index is 11.7. The number of carbonyl (C=O) groups is 2. The quantitative estimate of drug-likeness (QED) is 0.589. The van der Waals surface area contributed by atoms with Crippen molar-refractivity contribution in [2.45, 2.75) is 24.9 Å². The molecule has 90 valence electrons. The summed E-state index contributed by atoms with van der Waals surface area (Å²) in [5, 5.41) is 6.37. The maximum absolute atomic E-state index is 11.7. The summed E-state index contributed by atoms with van der Waals surface area (Å²) in [7, 11) is 0. The largest absolute Gasteiger partial charge is 0.295 e. The third-order valence-electron chi connectivity index (χ3n) is 3.45.